The second-order valence-electron chi connectivity index (χ2n) is 3.99. The minimum Gasteiger partial charge on any atom is -0.496 e. The van der Waals surface area contributed by atoms with E-state index in [1.165, 1.54) is 7.11 Å². The lowest BCUT2D eigenvalue weighted by molar-refractivity contribution is -0.141. The Labute approximate surface area is 99.8 Å². The van der Waals surface area contributed by atoms with E-state index >= 15 is 0 Å². The van der Waals surface area contributed by atoms with Crippen molar-refractivity contribution in [3.8, 4) is 5.75 Å². The van der Waals surface area contributed by atoms with Crippen LogP contribution in [0.5, 0.6) is 5.75 Å². The minimum absolute atomic E-state index is 0.394. The summed E-state index contributed by atoms with van der Waals surface area (Å²) in [6.07, 6.45) is -1.29. The molecule has 1 rings (SSSR count). The smallest absolute Gasteiger partial charge is 0.323 e. The van der Waals surface area contributed by atoms with Gasteiger partial charge in [-0.1, -0.05) is 0 Å². The van der Waals surface area contributed by atoms with Gasteiger partial charge in [-0.05, 0) is 37.1 Å². The number of rotatable bonds is 4. The number of methoxy groups -OCH3 is 1. The Kier molecular flexibility index (Phi) is 4.09. The number of carboxylic acid groups (broad SMARTS) is 1. The lowest BCUT2D eigenvalue weighted by Gasteiger charge is -2.19. The summed E-state index contributed by atoms with van der Waals surface area (Å²) in [7, 11) is 1.46. The van der Waals surface area contributed by atoms with E-state index in [2.05, 4.69) is 0 Å². The number of nitrogens with two attached hydrogens (primary N) is 1. The number of aliphatic carboxylic acids is 1. The van der Waals surface area contributed by atoms with Crippen molar-refractivity contribution in [1.82, 2.24) is 0 Å². The van der Waals surface area contributed by atoms with Crippen molar-refractivity contribution in [1.29, 1.82) is 0 Å². The van der Waals surface area contributed by atoms with Crippen molar-refractivity contribution in [2.45, 2.75) is 26.0 Å². The SMILES string of the molecule is COc1cc(C)c(C)cc1C(O)C(N)C(=O)O. The van der Waals surface area contributed by atoms with Gasteiger partial charge in [0.1, 0.15) is 17.9 Å². The molecular weight excluding hydrogens is 222 g/mol. The van der Waals surface area contributed by atoms with E-state index in [1.54, 1.807) is 12.1 Å². The molecule has 0 amide bonds. The van der Waals surface area contributed by atoms with Crippen molar-refractivity contribution in [2.75, 3.05) is 7.11 Å². The molecule has 0 heterocycles. The van der Waals surface area contributed by atoms with Crippen LogP contribution in [-0.2, 0) is 4.79 Å². The standard InChI is InChI=1S/C12H17NO4/c1-6-4-8(9(17-3)5-7(6)2)11(14)10(13)12(15)16/h4-5,10-11,14H,13H2,1-3H3,(H,15,16). The number of carboxylic acids is 1. The summed E-state index contributed by atoms with van der Waals surface area (Å²) in [6.45, 7) is 3.78. The van der Waals surface area contributed by atoms with E-state index < -0.39 is 18.1 Å². The van der Waals surface area contributed by atoms with Crippen LogP contribution >= 0.6 is 0 Å². The lowest BCUT2D eigenvalue weighted by Crippen LogP contribution is -2.36. The highest BCUT2D eigenvalue weighted by molar-refractivity contribution is 5.74. The van der Waals surface area contributed by atoms with Crippen LogP contribution < -0.4 is 10.5 Å². The van der Waals surface area contributed by atoms with E-state index in [4.69, 9.17) is 15.6 Å². The molecule has 0 aromatic heterocycles. The zero-order valence-corrected chi connectivity index (χ0v) is 10.1. The zero-order chi connectivity index (χ0) is 13.2. The molecule has 0 radical (unpaired) electrons. The predicted molar refractivity (Wildman–Crippen MR) is 63.0 cm³/mol. The summed E-state index contributed by atoms with van der Waals surface area (Å²) >= 11 is 0. The second kappa shape index (κ2) is 5.16. The van der Waals surface area contributed by atoms with Crippen LogP contribution in [-0.4, -0.2) is 29.3 Å². The summed E-state index contributed by atoms with van der Waals surface area (Å²) < 4.78 is 5.12. The number of hydrogen-bond acceptors (Lipinski definition) is 4. The Morgan fingerprint density at radius 1 is 1.35 bits per heavy atom. The normalized spacial score (nSPS) is 14.2. The molecule has 94 valence electrons. The number of carbonyl (C=O) groups is 1. The summed E-state index contributed by atoms with van der Waals surface area (Å²) in [5, 5.41) is 18.7. The molecule has 4 N–H and O–H groups in total. The fourth-order valence-corrected chi connectivity index (χ4v) is 1.55. The summed E-state index contributed by atoms with van der Waals surface area (Å²) in [4.78, 5) is 10.7. The molecule has 0 bridgehead atoms. The topological polar surface area (TPSA) is 92.8 Å². The van der Waals surface area contributed by atoms with Gasteiger partial charge in [-0.3, -0.25) is 4.79 Å². The first-order chi connectivity index (χ1) is 7.88. The maximum absolute atomic E-state index is 10.7. The molecule has 0 saturated carbocycles. The van der Waals surface area contributed by atoms with Gasteiger partial charge in [0.25, 0.3) is 0 Å². The highest BCUT2D eigenvalue weighted by Gasteiger charge is 2.26. The van der Waals surface area contributed by atoms with Crippen molar-refractivity contribution in [3.63, 3.8) is 0 Å². The Morgan fingerprint density at radius 2 is 1.88 bits per heavy atom. The molecular formula is C12H17NO4. The third-order valence-corrected chi connectivity index (χ3v) is 2.79. The molecule has 0 spiro atoms. The monoisotopic (exact) mass is 239 g/mol. The van der Waals surface area contributed by atoms with E-state index in [0.29, 0.717) is 11.3 Å². The van der Waals surface area contributed by atoms with Gasteiger partial charge in [-0.25, -0.2) is 0 Å². The summed E-state index contributed by atoms with van der Waals surface area (Å²) in [6, 6.07) is 2.08. The number of hydrogen-bond donors (Lipinski definition) is 3. The minimum atomic E-state index is -1.37. The average molecular weight is 239 g/mol. The molecule has 0 aliphatic heterocycles. The van der Waals surface area contributed by atoms with Gasteiger partial charge in [-0.15, -0.1) is 0 Å². The van der Waals surface area contributed by atoms with E-state index in [1.807, 2.05) is 13.8 Å². The third kappa shape index (κ3) is 2.75. The van der Waals surface area contributed by atoms with Crippen LogP contribution in [0.15, 0.2) is 12.1 Å². The van der Waals surface area contributed by atoms with Crippen molar-refractivity contribution in [3.05, 3.63) is 28.8 Å². The Balaban J connectivity index is 3.20. The summed E-state index contributed by atoms with van der Waals surface area (Å²) in [5.74, 6) is -0.810. The van der Waals surface area contributed by atoms with Gasteiger partial charge in [0.2, 0.25) is 0 Å². The van der Waals surface area contributed by atoms with Gasteiger partial charge < -0.3 is 20.7 Å². The highest BCUT2D eigenvalue weighted by Crippen LogP contribution is 2.29. The zero-order valence-electron chi connectivity index (χ0n) is 10.1. The highest BCUT2D eigenvalue weighted by atomic mass is 16.5. The Morgan fingerprint density at radius 3 is 2.35 bits per heavy atom. The molecule has 17 heavy (non-hydrogen) atoms. The van der Waals surface area contributed by atoms with Crippen LogP contribution in [0.2, 0.25) is 0 Å². The van der Waals surface area contributed by atoms with E-state index in [9.17, 15) is 9.90 Å². The Hall–Kier alpha value is -1.59. The molecule has 1 aromatic rings. The fraction of sp³-hybridized carbons (Fsp3) is 0.417. The second-order valence-corrected chi connectivity index (χ2v) is 3.99. The first-order valence-electron chi connectivity index (χ1n) is 5.20. The fourth-order valence-electron chi connectivity index (χ4n) is 1.55. The molecule has 2 unspecified atom stereocenters. The maximum Gasteiger partial charge on any atom is 0.323 e. The quantitative estimate of drug-likeness (QED) is 0.721. The van der Waals surface area contributed by atoms with Crippen molar-refractivity contribution < 1.29 is 19.7 Å². The van der Waals surface area contributed by atoms with Crippen LogP contribution in [0, 0.1) is 13.8 Å². The van der Waals surface area contributed by atoms with Crippen molar-refractivity contribution in [2.24, 2.45) is 5.73 Å². The summed E-state index contributed by atoms with van der Waals surface area (Å²) in [5.41, 5.74) is 7.74. The maximum atomic E-state index is 10.7. The van der Waals surface area contributed by atoms with Crippen LogP contribution in [0.25, 0.3) is 0 Å². The van der Waals surface area contributed by atoms with E-state index in [-0.39, 0.29) is 0 Å². The average Bonchev–Trinajstić information content (AvgIpc) is 2.29. The van der Waals surface area contributed by atoms with E-state index in [0.717, 1.165) is 11.1 Å². The van der Waals surface area contributed by atoms with Gasteiger partial charge in [0, 0.05) is 5.56 Å². The first-order valence-corrected chi connectivity index (χ1v) is 5.20. The van der Waals surface area contributed by atoms with Crippen LogP contribution in [0.4, 0.5) is 0 Å². The van der Waals surface area contributed by atoms with Gasteiger partial charge in [-0.2, -0.15) is 0 Å². The van der Waals surface area contributed by atoms with Gasteiger partial charge in [0.15, 0.2) is 0 Å². The molecule has 0 aliphatic carbocycles. The number of aryl methyl sites for hydroxylation is 2. The number of ether oxygens (including phenoxy) is 1. The third-order valence-electron chi connectivity index (χ3n) is 2.79. The predicted octanol–water partition coefficient (Wildman–Crippen LogP) is 0.757. The van der Waals surface area contributed by atoms with Crippen LogP contribution in [0.1, 0.15) is 22.8 Å². The molecule has 0 aliphatic rings. The molecule has 0 fully saturated rings. The largest absolute Gasteiger partial charge is 0.496 e. The number of aliphatic hydroxyl groups is 1. The molecule has 5 nitrogen and oxygen atoms in total. The number of aliphatic hydroxyl groups excluding tert-OH is 1. The molecule has 5 heteroatoms. The van der Waals surface area contributed by atoms with Gasteiger partial charge >= 0.3 is 5.97 Å². The first kappa shape index (κ1) is 13.5. The Bertz CT molecular complexity index is 431. The van der Waals surface area contributed by atoms with Gasteiger partial charge in [0.05, 0.1) is 7.11 Å². The number of benzene rings is 1. The van der Waals surface area contributed by atoms with Crippen molar-refractivity contribution >= 4 is 5.97 Å². The molecule has 2 atom stereocenters. The molecule has 0 saturated heterocycles. The lowest BCUT2D eigenvalue weighted by atomic mass is 9.97. The molecule has 1 aromatic carbocycles. The van der Waals surface area contributed by atoms with Crippen LogP contribution in [0.3, 0.4) is 0 Å².